The Hall–Kier alpha value is -1.95. The van der Waals surface area contributed by atoms with Crippen LogP contribution in [-0.4, -0.2) is 27.8 Å². The molecule has 0 fully saturated rings. The number of aliphatic carboxylic acids is 1. The van der Waals surface area contributed by atoms with Crippen LogP contribution in [0.25, 0.3) is 0 Å². The summed E-state index contributed by atoms with van der Waals surface area (Å²) in [7, 11) is 0. The first-order valence-electron chi connectivity index (χ1n) is 7.18. The predicted octanol–water partition coefficient (Wildman–Crippen LogP) is 3.32. The van der Waals surface area contributed by atoms with Crippen molar-refractivity contribution >= 4 is 22.4 Å². The molecule has 0 spiro atoms. The number of rotatable bonds is 6. The maximum Gasteiger partial charge on any atom is 0.305 e. The second kappa shape index (κ2) is 6.87. The zero-order chi connectivity index (χ0) is 16.2. The van der Waals surface area contributed by atoms with Crippen LogP contribution in [0.2, 0.25) is 0 Å². The van der Waals surface area contributed by atoms with E-state index in [-0.39, 0.29) is 11.8 Å². The third-order valence-corrected chi connectivity index (χ3v) is 4.16. The molecule has 0 unspecified atom stereocenters. The lowest BCUT2D eigenvalue weighted by molar-refractivity contribution is -0.136. The average molecular weight is 319 g/mol. The summed E-state index contributed by atoms with van der Waals surface area (Å²) in [6, 6.07) is 8.44. The van der Waals surface area contributed by atoms with E-state index in [0.717, 1.165) is 10.7 Å². The van der Waals surface area contributed by atoms with Gasteiger partial charge >= 0.3 is 5.97 Å². The number of carbonyl (C=O) groups is 1. The molecule has 0 saturated carbocycles. The van der Waals surface area contributed by atoms with E-state index in [1.807, 2.05) is 4.90 Å². The quantitative estimate of drug-likeness (QED) is 0.885. The molecule has 2 rings (SSSR count). The van der Waals surface area contributed by atoms with Gasteiger partial charge in [0.25, 0.3) is 0 Å². The molecule has 0 aliphatic rings. The van der Waals surface area contributed by atoms with Crippen LogP contribution in [0.1, 0.15) is 38.3 Å². The minimum atomic E-state index is -0.808. The fourth-order valence-electron chi connectivity index (χ4n) is 2.11. The van der Waals surface area contributed by atoms with Crippen LogP contribution in [0.5, 0.6) is 0 Å². The highest BCUT2D eigenvalue weighted by atomic mass is 32.1. The predicted molar refractivity (Wildman–Crippen MR) is 88.4 cm³/mol. The lowest BCUT2D eigenvalue weighted by Gasteiger charge is -2.22. The van der Waals surface area contributed by atoms with Gasteiger partial charge in [-0.1, -0.05) is 56.4 Å². The lowest BCUT2D eigenvalue weighted by atomic mass is 9.87. The van der Waals surface area contributed by atoms with Crippen molar-refractivity contribution in [2.24, 2.45) is 0 Å². The zero-order valence-corrected chi connectivity index (χ0v) is 13.9. The van der Waals surface area contributed by atoms with Gasteiger partial charge in [0.15, 0.2) is 0 Å². The molecule has 1 aromatic carbocycles. The molecule has 0 aliphatic heterocycles. The van der Waals surface area contributed by atoms with Gasteiger partial charge in [-0.2, -0.15) is 0 Å². The molecule has 2 aromatic rings. The Morgan fingerprint density at radius 1 is 1.27 bits per heavy atom. The van der Waals surface area contributed by atoms with E-state index in [0.29, 0.717) is 13.1 Å². The van der Waals surface area contributed by atoms with Gasteiger partial charge in [-0.05, 0) is 16.5 Å². The van der Waals surface area contributed by atoms with E-state index in [2.05, 4.69) is 55.2 Å². The minimum absolute atomic E-state index is 0.0830. The molecule has 0 atom stereocenters. The van der Waals surface area contributed by atoms with Crippen molar-refractivity contribution in [3.63, 3.8) is 0 Å². The number of anilines is 1. The summed E-state index contributed by atoms with van der Waals surface area (Å²) in [5.41, 5.74) is 4.20. The lowest BCUT2D eigenvalue weighted by Crippen LogP contribution is -2.25. The summed E-state index contributed by atoms with van der Waals surface area (Å²) in [5, 5.41) is 17.5. The molecule has 0 bridgehead atoms. The Morgan fingerprint density at radius 2 is 1.95 bits per heavy atom. The Morgan fingerprint density at radius 3 is 2.45 bits per heavy atom. The smallest absolute Gasteiger partial charge is 0.305 e. The summed E-state index contributed by atoms with van der Waals surface area (Å²) < 4.78 is 0. The Balaban J connectivity index is 2.11. The molecule has 1 heterocycles. The number of aromatic nitrogens is 2. The monoisotopic (exact) mass is 319 g/mol. The summed E-state index contributed by atoms with van der Waals surface area (Å²) in [6.07, 6.45) is 0.0830. The van der Waals surface area contributed by atoms with Crippen molar-refractivity contribution in [3.8, 4) is 0 Å². The molecule has 0 aliphatic carbocycles. The molecule has 6 heteroatoms. The largest absolute Gasteiger partial charge is 0.481 e. The van der Waals surface area contributed by atoms with Gasteiger partial charge < -0.3 is 10.0 Å². The Bertz CT molecular complexity index is 603. The van der Waals surface area contributed by atoms with Crippen LogP contribution in [0.15, 0.2) is 29.8 Å². The molecule has 0 radical (unpaired) electrons. The van der Waals surface area contributed by atoms with Gasteiger partial charge in [-0.25, -0.2) is 0 Å². The van der Waals surface area contributed by atoms with E-state index in [1.54, 1.807) is 5.51 Å². The summed E-state index contributed by atoms with van der Waals surface area (Å²) >= 11 is 1.42. The zero-order valence-electron chi connectivity index (χ0n) is 13.1. The van der Waals surface area contributed by atoms with Gasteiger partial charge in [0.2, 0.25) is 5.13 Å². The molecule has 118 valence electrons. The number of benzene rings is 1. The van der Waals surface area contributed by atoms with E-state index >= 15 is 0 Å². The van der Waals surface area contributed by atoms with Crippen molar-refractivity contribution in [2.45, 2.75) is 39.2 Å². The molecule has 0 amide bonds. The van der Waals surface area contributed by atoms with Gasteiger partial charge in [0.05, 0.1) is 6.42 Å². The fraction of sp³-hybridized carbons (Fsp3) is 0.438. The van der Waals surface area contributed by atoms with Gasteiger partial charge in [-0.3, -0.25) is 4.79 Å². The highest BCUT2D eigenvalue weighted by molar-refractivity contribution is 7.13. The van der Waals surface area contributed by atoms with Crippen LogP contribution in [-0.2, 0) is 16.8 Å². The van der Waals surface area contributed by atoms with Crippen molar-refractivity contribution in [1.29, 1.82) is 0 Å². The van der Waals surface area contributed by atoms with Gasteiger partial charge in [0.1, 0.15) is 5.51 Å². The topological polar surface area (TPSA) is 66.3 Å². The SMILES string of the molecule is CC(C)(C)c1ccc(CN(CCC(=O)O)c2nncs2)cc1. The van der Waals surface area contributed by atoms with Crippen molar-refractivity contribution in [2.75, 3.05) is 11.4 Å². The fourth-order valence-corrected chi connectivity index (χ4v) is 2.70. The Kier molecular flexibility index (Phi) is 5.13. The third kappa shape index (κ3) is 4.53. The van der Waals surface area contributed by atoms with E-state index in [4.69, 9.17) is 5.11 Å². The van der Waals surface area contributed by atoms with Crippen LogP contribution >= 0.6 is 11.3 Å². The maximum atomic E-state index is 10.8. The molecule has 5 nitrogen and oxygen atoms in total. The second-order valence-corrected chi connectivity index (χ2v) is 7.05. The minimum Gasteiger partial charge on any atom is -0.481 e. The van der Waals surface area contributed by atoms with Crippen LogP contribution in [0.3, 0.4) is 0 Å². The van der Waals surface area contributed by atoms with Gasteiger partial charge in [-0.15, -0.1) is 10.2 Å². The van der Waals surface area contributed by atoms with E-state index in [1.165, 1.54) is 16.9 Å². The van der Waals surface area contributed by atoms with Crippen molar-refractivity contribution < 1.29 is 9.90 Å². The normalized spacial score (nSPS) is 11.4. The van der Waals surface area contributed by atoms with E-state index in [9.17, 15) is 4.79 Å². The second-order valence-electron chi connectivity index (χ2n) is 6.23. The molecular weight excluding hydrogens is 298 g/mol. The molecule has 0 saturated heterocycles. The van der Waals surface area contributed by atoms with Crippen molar-refractivity contribution in [1.82, 2.24) is 10.2 Å². The number of hydrogen-bond acceptors (Lipinski definition) is 5. The Labute approximate surface area is 134 Å². The average Bonchev–Trinajstić information content (AvgIpc) is 2.97. The number of carboxylic acids is 1. The molecular formula is C16H21N3O2S. The standard InChI is InChI=1S/C16H21N3O2S/c1-16(2,3)13-6-4-12(5-7-13)10-19(9-8-14(20)21)15-18-17-11-22-15/h4-7,11H,8-10H2,1-3H3,(H,20,21). The van der Waals surface area contributed by atoms with Gasteiger partial charge in [0, 0.05) is 13.1 Å². The van der Waals surface area contributed by atoms with Crippen LogP contribution in [0, 0.1) is 0 Å². The summed E-state index contributed by atoms with van der Waals surface area (Å²) in [4.78, 5) is 12.8. The maximum absolute atomic E-state index is 10.8. The highest BCUT2D eigenvalue weighted by Crippen LogP contribution is 2.24. The number of nitrogens with zero attached hydrogens (tertiary/aromatic N) is 3. The van der Waals surface area contributed by atoms with Crippen LogP contribution < -0.4 is 4.90 Å². The first-order valence-corrected chi connectivity index (χ1v) is 8.06. The number of hydrogen-bond donors (Lipinski definition) is 1. The van der Waals surface area contributed by atoms with Crippen LogP contribution in [0.4, 0.5) is 5.13 Å². The third-order valence-electron chi connectivity index (χ3n) is 3.41. The number of carboxylic acid groups (broad SMARTS) is 1. The summed E-state index contributed by atoms with van der Waals surface area (Å²) in [6.45, 7) is 7.60. The summed E-state index contributed by atoms with van der Waals surface area (Å²) in [5.74, 6) is -0.808. The van der Waals surface area contributed by atoms with E-state index < -0.39 is 5.97 Å². The first-order chi connectivity index (χ1) is 10.4. The highest BCUT2D eigenvalue weighted by Gasteiger charge is 2.15. The first kappa shape index (κ1) is 16.4. The van der Waals surface area contributed by atoms with Crippen molar-refractivity contribution in [3.05, 3.63) is 40.9 Å². The molecule has 22 heavy (non-hydrogen) atoms. The molecule has 1 aromatic heterocycles. The molecule has 1 N–H and O–H groups in total.